The molecular weight excluding hydrogens is 663 g/mol. The number of hydrogen-bond acceptors (Lipinski definition) is 9. The molecule has 0 spiro atoms. The number of ether oxygens (including phenoxy) is 3. The number of aromatic nitrogens is 2. The number of nitrogens with one attached hydrogen (secondary N) is 1. The van der Waals surface area contributed by atoms with Gasteiger partial charge < -0.3 is 38.3 Å². The minimum absolute atomic E-state index is 0.0540. The molecule has 12 nitrogen and oxygen atoms in total. The fourth-order valence-corrected chi connectivity index (χ4v) is 8.41. The van der Waals surface area contributed by atoms with Crippen LogP contribution in [0.2, 0.25) is 6.32 Å². The highest BCUT2D eigenvalue weighted by Gasteiger charge is 2.67. The predicted molar refractivity (Wildman–Crippen MR) is 196 cm³/mol. The third-order valence-electron chi connectivity index (χ3n) is 11.3. The molecule has 1 aromatic heterocycles. The number of imidazole rings is 1. The number of hydrogen-bond donors (Lipinski definition) is 1. The minimum atomic E-state index is -0.677. The van der Waals surface area contributed by atoms with Crippen LogP contribution < -0.4 is 10.1 Å². The van der Waals surface area contributed by atoms with Gasteiger partial charge in [0.2, 0.25) is 5.91 Å². The van der Waals surface area contributed by atoms with Crippen molar-refractivity contribution < 1.29 is 37.9 Å². The number of esters is 1. The number of benzene rings is 1. The van der Waals surface area contributed by atoms with Crippen LogP contribution >= 0.6 is 0 Å². The van der Waals surface area contributed by atoms with Crippen LogP contribution in [0.25, 0.3) is 0 Å². The van der Waals surface area contributed by atoms with Gasteiger partial charge in [-0.1, -0.05) is 19.9 Å². The highest BCUT2D eigenvalue weighted by atomic mass is 16.7. The van der Waals surface area contributed by atoms with E-state index in [0.29, 0.717) is 67.8 Å². The van der Waals surface area contributed by atoms with E-state index in [9.17, 15) is 14.4 Å². The van der Waals surface area contributed by atoms with Crippen molar-refractivity contribution in [3.8, 4) is 5.75 Å². The van der Waals surface area contributed by atoms with E-state index in [1.165, 1.54) is 6.42 Å². The van der Waals surface area contributed by atoms with Crippen molar-refractivity contribution in [3.63, 3.8) is 0 Å². The molecule has 3 aliphatic carbocycles. The molecule has 3 saturated carbocycles. The number of rotatable bonds is 11. The summed E-state index contributed by atoms with van der Waals surface area (Å²) in [6, 6.07) is 3.87. The van der Waals surface area contributed by atoms with Crippen molar-refractivity contribution in [2.45, 2.75) is 137 Å². The van der Waals surface area contributed by atoms with Crippen LogP contribution in [0.3, 0.4) is 0 Å². The van der Waals surface area contributed by atoms with Crippen molar-refractivity contribution in [3.05, 3.63) is 47.0 Å². The first-order valence-corrected chi connectivity index (χ1v) is 18.8. The van der Waals surface area contributed by atoms with Crippen LogP contribution in [-0.4, -0.2) is 88.2 Å². The second-order valence-corrected chi connectivity index (χ2v) is 17.9. The zero-order valence-corrected chi connectivity index (χ0v) is 32.7. The second kappa shape index (κ2) is 14.0. The molecule has 5 fully saturated rings. The zero-order chi connectivity index (χ0) is 37.8. The highest BCUT2D eigenvalue weighted by Crippen LogP contribution is 2.65. The van der Waals surface area contributed by atoms with Crippen molar-refractivity contribution in [2.75, 3.05) is 19.6 Å². The van der Waals surface area contributed by atoms with E-state index in [2.05, 4.69) is 31.1 Å². The molecule has 2 aromatic rings. The van der Waals surface area contributed by atoms with Crippen LogP contribution in [0.15, 0.2) is 24.7 Å². The molecule has 13 heteroatoms. The Labute approximate surface area is 308 Å². The Morgan fingerprint density at radius 2 is 1.75 bits per heavy atom. The smallest absolute Gasteiger partial charge is 0.457 e. The quantitative estimate of drug-likeness (QED) is 0.227. The SMILES string of the molecule is Cc1c(CCB2O[C@@H]3C[C@@H]4C[C@@H](C4(C)C)[C@]3(C)O2)ccc(OC2CN(C(=O)Cc3cn(CCNC(=O)OC(C)(C)C)cn3)C2)c1C(=O)OC(C)(C)C. The van der Waals surface area contributed by atoms with Crippen LogP contribution in [0.4, 0.5) is 4.79 Å². The molecule has 2 amide bonds. The first-order valence-electron chi connectivity index (χ1n) is 18.8. The molecule has 0 unspecified atom stereocenters. The summed E-state index contributed by atoms with van der Waals surface area (Å²) in [5, 5.41) is 2.72. The molecule has 4 atom stereocenters. The summed E-state index contributed by atoms with van der Waals surface area (Å²) in [5.41, 5.74) is 1.71. The van der Waals surface area contributed by atoms with E-state index < -0.39 is 23.3 Å². The lowest BCUT2D eigenvalue weighted by molar-refractivity contribution is -0.199. The third-order valence-corrected chi connectivity index (χ3v) is 11.3. The summed E-state index contributed by atoms with van der Waals surface area (Å²) in [6.45, 7) is 21.6. The lowest BCUT2D eigenvalue weighted by Crippen LogP contribution is -2.65. The fourth-order valence-electron chi connectivity index (χ4n) is 8.41. The lowest BCUT2D eigenvalue weighted by atomic mass is 9.43. The van der Waals surface area contributed by atoms with Gasteiger partial charge in [0.15, 0.2) is 0 Å². The van der Waals surface area contributed by atoms with Gasteiger partial charge in [0.1, 0.15) is 28.6 Å². The average molecular weight is 721 g/mol. The van der Waals surface area contributed by atoms with Gasteiger partial charge in [0.25, 0.3) is 0 Å². The summed E-state index contributed by atoms with van der Waals surface area (Å²) in [4.78, 5) is 44.6. The minimum Gasteiger partial charge on any atom is -0.486 e. The first kappa shape index (κ1) is 38.2. The zero-order valence-electron chi connectivity index (χ0n) is 32.7. The van der Waals surface area contributed by atoms with Gasteiger partial charge in [-0.2, -0.15) is 0 Å². The van der Waals surface area contributed by atoms with Gasteiger partial charge in [0.05, 0.1) is 43.2 Å². The molecule has 0 radical (unpaired) electrons. The molecule has 284 valence electrons. The Balaban J connectivity index is 1.03. The summed E-state index contributed by atoms with van der Waals surface area (Å²) in [6.07, 6.45) is 6.66. The molecule has 5 aliphatic rings. The molecule has 52 heavy (non-hydrogen) atoms. The van der Waals surface area contributed by atoms with Gasteiger partial charge in [-0.15, -0.1) is 0 Å². The van der Waals surface area contributed by atoms with E-state index in [1.807, 2.05) is 65.2 Å². The molecule has 1 N–H and O–H groups in total. The Bertz CT molecular complexity index is 1670. The van der Waals surface area contributed by atoms with E-state index in [-0.39, 0.29) is 42.7 Å². The van der Waals surface area contributed by atoms with E-state index in [4.69, 9.17) is 23.5 Å². The number of amides is 2. The number of aryl methyl sites for hydroxylation is 1. The van der Waals surface area contributed by atoms with Gasteiger partial charge in [0, 0.05) is 19.3 Å². The highest BCUT2D eigenvalue weighted by molar-refractivity contribution is 6.45. The average Bonchev–Trinajstić information content (AvgIpc) is 3.58. The maximum Gasteiger partial charge on any atom is 0.457 e. The molecule has 7 rings (SSSR count). The maximum atomic E-state index is 13.6. The number of carbonyl (C=O) groups excluding carboxylic acids is 3. The van der Waals surface area contributed by atoms with Crippen LogP contribution in [0.5, 0.6) is 5.75 Å². The molecule has 2 bridgehead atoms. The number of carbonyl (C=O) groups is 3. The Morgan fingerprint density at radius 1 is 1.04 bits per heavy atom. The third kappa shape index (κ3) is 8.15. The Morgan fingerprint density at radius 3 is 2.42 bits per heavy atom. The first-order chi connectivity index (χ1) is 24.2. The van der Waals surface area contributed by atoms with E-state index in [1.54, 1.807) is 17.4 Å². The molecule has 1 aromatic carbocycles. The van der Waals surface area contributed by atoms with Crippen LogP contribution in [-0.2, 0) is 43.0 Å². The van der Waals surface area contributed by atoms with E-state index in [0.717, 1.165) is 17.5 Å². The van der Waals surface area contributed by atoms with Crippen LogP contribution in [0.1, 0.15) is 102 Å². The van der Waals surface area contributed by atoms with Gasteiger partial charge in [-0.25, -0.2) is 14.6 Å². The predicted octanol–water partition coefficient (Wildman–Crippen LogP) is 5.77. The molecule has 2 aliphatic heterocycles. The number of nitrogens with zero attached hydrogens (tertiary/aromatic N) is 3. The lowest BCUT2D eigenvalue weighted by Gasteiger charge is -2.64. The standard InChI is InChI=1S/C39H57BN4O8/c1-24-25(13-14-40-51-31-18-26-17-30(38(26,8)9)39(31,10)52-40)11-12-29(33(24)34(46)49-36(2,3)4)48-28-21-44(22-28)32(45)19-27-20-43(23-42-27)16-15-41-35(47)50-37(5,6)7/h11-12,20,23,26,28,30-31H,13-19,21-22H2,1-10H3,(H,41,47)/t26-,30-,31+,39-/m0/s1. The maximum absolute atomic E-state index is 13.6. The normalized spacial score (nSPS) is 25.2. The van der Waals surface area contributed by atoms with Crippen molar-refractivity contribution in [1.29, 1.82) is 0 Å². The molecule has 3 heterocycles. The summed E-state index contributed by atoms with van der Waals surface area (Å²) >= 11 is 0. The number of alkyl carbamates (subject to hydrolysis) is 1. The topological polar surface area (TPSA) is 130 Å². The van der Waals surface area contributed by atoms with Crippen LogP contribution in [0, 0.1) is 24.2 Å². The fraction of sp³-hybridized carbons (Fsp3) is 0.692. The summed E-state index contributed by atoms with van der Waals surface area (Å²) in [7, 11) is -0.279. The second-order valence-electron chi connectivity index (χ2n) is 17.9. The van der Waals surface area contributed by atoms with E-state index >= 15 is 0 Å². The summed E-state index contributed by atoms with van der Waals surface area (Å²) in [5.74, 6) is 1.18. The monoisotopic (exact) mass is 720 g/mol. The van der Waals surface area contributed by atoms with Crippen molar-refractivity contribution in [2.24, 2.45) is 17.3 Å². The van der Waals surface area contributed by atoms with Crippen molar-refractivity contribution in [1.82, 2.24) is 19.8 Å². The Kier molecular flexibility index (Phi) is 10.3. The number of likely N-dealkylation sites (tertiary alicyclic amines) is 1. The van der Waals surface area contributed by atoms with Crippen molar-refractivity contribution >= 4 is 25.1 Å². The molecular formula is C39H57BN4O8. The van der Waals surface area contributed by atoms with Gasteiger partial charge in [-0.05, 0) is 115 Å². The molecule has 2 saturated heterocycles. The van der Waals surface area contributed by atoms with Gasteiger partial charge in [-0.3, -0.25) is 4.79 Å². The Hall–Kier alpha value is -3.58. The largest absolute Gasteiger partial charge is 0.486 e. The van der Waals surface area contributed by atoms with Gasteiger partial charge >= 0.3 is 19.2 Å². The summed E-state index contributed by atoms with van der Waals surface area (Å²) < 4.78 is 32.4.